The first-order chi connectivity index (χ1) is 9.61. The predicted molar refractivity (Wildman–Crippen MR) is 73.0 cm³/mol. The number of benzene rings is 2. The summed E-state index contributed by atoms with van der Waals surface area (Å²) in [5.41, 5.74) is 0.977. The van der Waals surface area contributed by atoms with Crippen molar-refractivity contribution in [3.63, 3.8) is 0 Å². The van der Waals surface area contributed by atoms with Crippen molar-refractivity contribution >= 4 is 17.3 Å². The number of nitrogens with zero attached hydrogens (tertiary/aromatic N) is 2. The Hall–Kier alpha value is -3.00. The van der Waals surface area contributed by atoms with E-state index >= 15 is 0 Å². The largest absolute Gasteiger partial charge is 0.269 e. The smallest absolute Gasteiger partial charge is 0.258 e. The lowest BCUT2D eigenvalue weighted by atomic mass is 10.0. The quantitative estimate of drug-likeness (QED) is 0.368. The molecule has 0 amide bonds. The average molecular weight is 268 g/mol. The lowest BCUT2D eigenvalue weighted by Gasteiger charge is -2.00. The molecule has 20 heavy (non-hydrogen) atoms. The maximum absolute atomic E-state index is 13.5. The van der Waals surface area contributed by atoms with Crippen LogP contribution in [0.25, 0.3) is 11.6 Å². The molecular weight excluding hydrogens is 259 g/mol. The molecule has 0 heterocycles. The Balaban J connectivity index is 2.41. The van der Waals surface area contributed by atoms with E-state index in [9.17, 15) is 14.5 Å². The normalized spacial score (nSPS) is 10.9. The summed E-state index contributed by atoms with van der Waals surface area (Å²) in [6.07, 6.45) is 1.41. The summed E-state index contributed by atoms with van der Waals surface area (Å²) in [5, 5.41) is 19.7. The SMILES string of the molecule is N#C/C(=C\c1ccccc1F)c1ccc([N+](=O)[O-])cc1. The molecule has 0 saturated carbocycles. The molecule has 0 N–H and O–H groups in total. The summed E-state index contributed by atoms with van der Waals surface area (Å²) in [5.74, 6) is -0.429. The molecule has 0 aliphatic carbocycles. The van der Waals surface area contributed by atoms with Gasteiger partial charge in [-0.3, -0.25) is 10.1 Å². The van der Waals surface area contributed by atoms with E-state index in [-0.39, 0.29) is 11.3 Å². The molecular formula is C15H9FN2O2. The molecule has 0 fully saturated rings. The molecule has 2 aromatic rings. The molecule has 0 aliphatic rings. The molecule has 98 valence electrons. The number of nitro benzene ring substituents is 1. The monoisotopic (exact) mass is 268 g/mol. The van der Waals surface area contributed by atoms with E-state index in [0.717, 1.165) is 0 Å². The minimum Gasteiger partial charge on any atom is -0.258 e. The van der Waals surface area contributed by atoms with E-state index in [1.54, 1.807) is 18.2 Å². The summed E-state index contributed by atoms with van der Waals surface area (Å²) >= 11 is 0. The standard InChI is InChI=1S/C15H9FN2O2/c16-15-4-2-1-3-12(15)9-13(10-17)11-5-7-14(8-6-11)18(19)20/h1-9H/b13-9+. The highest BCUT2D eigenvalue weighted by Gasteiger charge is 2.07. The van der Waals surface area contributed by atoms with Gasteiger partial charge >= 0.3 is 0 Å². The second kappa shape index (κ2) is 5.76. The van der Waals surface area contributed by atoms with Crippen LogP contribution in [-0.4, -0.2) is 4.92 Å². The van der Waals surface area contributed by atoms with Gasteiger partial charge in [-0.2, -0.15) is 5.26 Å². The molecule has 2 aromatic carbocycles. The highest BCUT2D eigenvalue weighted by Crippen LogP contribution is 2.21. The Morgan fingerprint density at radius 3 is 2.40 bits per heavy atom. The van der Waals surface area contributed by atoms with Crippen molar-refractivity contribution in [1.29, 1.82) is 5.26 Å². The van der Waals surface area contributed by atoms with Crippen LogP contribution in [0.15, 0.2) is 48.5 Å². The fourth-order valence-corrected chi connectivity index (χ4v) is 1.69. The number of rotatable bonds is 3. The Labute approximate surface area is 114 Å². The van der Waals surface area contributed by atoms with Gasteiger partial charge in [0.25, 0.3) is 5.69 Å². The van der Waals surface area contributed by atoms with Crippen molar-refractivity contribution in [3.05, 3.63) is 75.6 Å². The molecule has 4 nitrogen and oxygen atoms in total. The third kappa shape index (κ3) is 2.87. The molecule has 0 aromatic heterocycles. The third-order valence-corrected chi connectivity index (χ3v) is 2.71. The second-order valence-corrected chi connectivity index (χ2v) is 4.00. The van der Waals surface area contributed by atoms with Gasteiger partial charge in [0.05, 0.1) is 16.6 Å². The van der Waals surface area contributed by atoms with Crippen molar-refractivity contribution in [1.82, 2.24) is 0 Å². The van der Waals surface area contributed by atoms with E-state index in [1.165, 1.54) is 36.4 Å². The number of allylic oxidation sites excluding steroid dienone is 1. The molecule has 0 radical (unpaired) electrons. The molecule has 0 saturated heterocycles. The van der Waals surface area contributed by atoms with E-state index in [0.29, 0.717) is 11.1 Å². The highest BCUT2D eigenvalue weighted by atomic mass is 19.1. The van der Waals surface area contributed by atoms with Crippen LogP contribution in [0.2, 0.25) is 0 Å². The van der Waals surface area contributed by atoms with E-state index in [4.69, 9.17) is 5.26 Å². The molecule has 0 aliphatic heterocycles. The second-order valence-electron chi connectivity index (χ2n) is 4.00. The molecule has 2 rings (SSSR count). The van der Waals surface area contributed by atoms with E-state index < -0.39 is 10.7 Å². The molecule has 0 bridgehead atoms. The van der Waals surface area contributed by atoms with Crippen molar-refractivity contribution in [3.8, 4) is 6.07 Å². The van der Waals surface area contributed by atoms with Crippen molar-refractivity contribution in [2.75, 3.05) is 0 Å². The minimum atomic E-state index is -0.517. The van der Waals surface area contributed by atoms with Crippen LogP contribution in [-0.2, 0) is 0 Å². The summed E-state index contributed by atoms with van der Waals surface area (Å²) in [4.78, 5) is 10.0. The van der Waals surface area contributed by atoms with Crippen LogP contribution < -0.4 is 0 Å². The van der Waals surface area contributed by atoms with Crippen molar-refractivity contribution < 1.29 is 9.31 Å². The zero-order chi connectivity index (χ0) is 14.5. The number of nitro groups is 1. The summed E-state index contributed by atoms with van der Waals surface area (Å²) in [6, 6.07) is 13.6. The average Bonchev–Trinajstić information content (AvgIpc) is 2.46. The summed E-state index contributed by atoms with van der Waals surface area (Å²) in [7, 11) is 0. The van der Waals surface area contributed by atoms with Crippen LogP contribution in [0.4, 0.5) is 10.1 Å². The van der Waals surface area contributed by atoms with Crippen LogP contribution in [0.1, 0.15) is 11.1 Å². The highest BCUT2D eigenvalue weighted by molar-refractivity contribution is 5.89. The maximum atomic E-state index is 13.5. The number of nitriles is 1. The van der Waals surface area contributed by atoms with Gasteiger partial charge in [0.2, 0.25) is 0 Å². The predicted octanol–water partition coefficient (Wildman–Crippen LogP) is 3.80. The lowest BCUT2D eigenvalue weighted by Crippen LogP contribution is -1.89. The summed E-state index contributed by atoms with van der Waals surface area (Å²) < 4.78 is 13.5. The Morgan fingerprint density at radius 2 is 1.85 bits per heavy atom. The Kier molecular flexibility index (Phi) is 3.87. The maximum Gasteiger partial charge on any atom is 0.269 e. The first-order valence-corrected chi connectivity index (χ1v) is 5.73. The topological polar surface area (TPSA) is 66.9 Å². The van der Waals surface area contributed by atoms with Gasteiger partial charge in [0.15, 0.2) is 0 Å². The zero-order valence-corrected chi connectivity index (χ0v) is 10.3. The van der Waals surface area contributed by atoms with Crippen molar-refractivity contribution in [2.45, 2.75) is 0 Å². The van der Waals surface area contributed by atoms with Crippen LogP contribution in [0.5, 0.6) is 0 Å². The molecule has 5 heteroatoms. The van der Waals surface area contributed by atoms with Crippen molar-refractivity contribution in [2.24, 2.45) is 0 Å². The molecule has 0 atom stereocenters. The van der Waals surface area contributed by atoms with Gasteiger partial charge in [-0.25, -0.2) is 4.39 Å². The van der Waals surface area contributed by atoms with Crippen LogP contribution in [0.3, 0.4) is 0 Å². The van der Waals surface area contributed by atoms with E-state index in [1.807, 2.05) is 6.07 Å². The fourth-order valence-electron chi connectivity index (χ4n) is 1.69. The Bertz CT molecular complexity index is 715. The van der Waals surface area contributed by atoms with Crippen LogP contribution in [0, 0.1) is 27.3 Å². The van der Waals surface area contributed by atoms with Crippen LogP contribution >= 0.6 is 0 Å². The molecule has 0 spiro atoms. The van der Waals surface area contributed by atoms with Gasteiger partial charge in [0.1, 0.15) is 5.82 Å². The van der Waals surface area contributed by atoms with Gasteiger partial charge in [0, 0.05) is 17.7 Å². The number of hydrogen-bond donors (Lipinski definition) is 0. The first-order valence-electron chi connectivity index (χ1n) is 5.73. The minimum absolute atomic E-state index is 0.0584. The summed E-state index contributed by atoms with van der Waals surface area (Å²) in [6.45, 7) is 0. The number of non-ortho nitro benzene ring substituents is 1. The lowest BCUT2D eigenvalue weighted by molar-refractivity contribution is -0.384. The van der Waals surface area contributed by atoms with Gasteiger partial charge < -0.3 is 0 Å². The number of halogens is 1. The van der Waals surface area contributed by atoms with Gasteiger partial charge in [-0.1, -0.05) is 18.2 Å². The Morgan fingerprint density at radius 1 is 1.20 bits per heavy atom. The zero-order valence-electron chi connectivity index (χ0n) is 10.3. The van der Waals surface area contributed by atoms with Gasteiger partial charge in [-0.05, 0) is 29.8 Å². The van der Waals surface area contributed by atoms with E-state index in [2.05, 4.69) is 0 Å². The fraction of sp³-hybridized carbons (Fsp3) is 0. The first kappa shape index (κ1) is 13.4. The molecule has 0 unspecified atom stereocenters. The van der Waals surface area contributed by atoms with Gasteiger partial charge in [-0.15, -0.1) is 0 Å². The third-order valence-electron chi connectivity index (χ3n) is 2.71. The number of hydrogen-bond acceptors (Lipinski definition) is 3.